The highest BCUT2D eigenvalue weighted by atomic mass is 16.5. The second-order valence-corrected chi connectivity index (χ2v) is 9.20. The summed E-state index contributed by atoms with van der Waals surface area (Å²) in [7, 11) is 0. The predicted octanol–water partition coefficient (Wildman–Crippen LogP) is 0.578. The van der Waals surface area contributed by atoms with E-state index in [9.17, 15) is 14.4 Å². The van der Waals surface area contributed by atoms with Crippen LogP contribution in [0.25, 0.3) is 0 Å². The first-order valence-electron chi connectivity index (χ1n) is 10.8. The molecule has 4 N–H and O–H groups in total. The number of amides is 3. The lowest BCUT2D eigenvalue weighted by atomic mass is 9.71. The minimum absolute atomic E-state index is 0.0152. The average Bonchev–Trinajstić information content (AvgIpc) is 3.09. The number of nitrogens with zero attached hydrogens (tertiary/aromatic N) is 1. The molecule has 160 valence electrons. The Kier molecular flexibility index (Phi) is 4.68. The molecule has 1 unspecified atom stereocenters. The Morgan fingerprint density at radius 1 is 1.20 bits per heavy atom. The normalized spacial score (nSPS) is 33.0. The fraction of sp³-hybridized carbons (Fsp3) is 0.591. The molecule has 1 atom stereocenters. The molecule has 6 rings (SSSR count). The van der Waals surface area contributed by atoms with E-state index in [0.29, 0.717) is 38.2 Å². The van der Waals surface area contributed by atoms with E-state index in [-0.39, 0.29) is 35.3 Å². The summed E-state index contributed by atoms with van der Waals surface area (Å²) < 4.78 is 6.09. The van der Waals surface area contributed by atoms with E-state index in [2.05, 4.69) is 10.6 Å². The third kappa shape index (κ3) is 3.23. The molecule has 0 radical (unpaired) electrons. The van der Waals surface area contributed by atoms with Crippen LogP contribution in [0.3, 0.4) is 0 Å². The number of carbonyl (C=O) groups is 3. The highest BCUT2D eigenvalue weighted by Crippen LogP contribution is 2.43. The SMILES string of the molecule is NCC12CCC(NCc3ccc4c(c3)C(=O)N(C3CCC(=O)NC3=O)C4)(CC1)CO2. The molecule has 8 nitrogen and oxygen atoms in total. The van der Waals surface area contributed by atoms with Crippen LogP contribution in [0, 0.1) is 0 Å². The van der Waals surface area contributed by atoms with E-state index < -0.39 is 6.04 Å². The summed E-state index contributed by atoms with van der Waals surface area (Å²) in [5.74, 6) is -0.784. The van der Waals surface area contributed by atoms with Crippen LogP contribution in [-0.4, -0.2) is 53.0 Å². The van der Waals surface area contributed by atoms with Gasteiger partial charge in [0, 0.05) is 37.2 Å². The lowest BCUT2D eigenvalue weighted by Gasteiger charge is -2.53. The van der Waals surface area contributed by atoms with Crippen molar-refractivity contribution in [2.45, 2.75) is 68.8 Å². The van der Waals surface area contributed by atoms with Crippen LogP contribution in [-0.2, 0) is 27.4 Å². The molecule has 1 aromatic carbocycles. The Hall–Kier alpha value is -2.29. The highest BCUT2D eigenvalue weighted by molar-refractivity contribution is 6.05. The molecule has 4 fully saturated rings. The summed E-state index contributed by atoms with van der Waals surface area (Å²) in [5.41, 5.74) is 8.39. The minimum Gasteiger partial charge on any atom is -0.372 e. The van der Waals surface area contributed by atoms with Gasteiger partial charge in [0.05, 0.1) is 12.2 Å². The summed E-state index contributed by atoms with van der Waals surface area (Å²) >= 11 is 0. The topological polar surface area (TPSA) is 114 Å². The van der Waals surface area contributed by atoms with Crippen LogP contribution in [0.1, 0.15) is 60.0 Å². The molecule has 2 bridgehead atoms. The average molecular weight is 412 g/mol. The van der Waals surface area contributed by atoms with E-state index in [1.807, 2.05) is 18.2 Å². The monoisotopic (exact) mass is 412 g/mol. The highest BCUT2D eigenvalue weighted by Gasteiger charge is 2.48. The van der Waals surface area contributed by atoms with Crippen LogP contribution in [0.15, 0.2) is 18.2 Å². The molecule has 5 aliphatic rings. The fourth-order valence-corrected chi connectivity index (χ4v) is 5.26. The number of benzene rings is 1. The standard InChI is InChI=1S/C22H28N4O4/c23-12-22-7-5-21(6-8-22,13-30-22)24-10-14-1-2-15-11-26(20(29)16(15)9-14)17-3-4-18(27)25-19(17)28/h1-2,9,17,24H,3-8,10-13,23H2,(H,25,27,28). The van der Waals surface area contributed by atoms with Gasteiger partial charge in [-0.1, -0.05) is 12.1 Å². The molecular formula is C22H28N4O4. The van der Waals surface area contributed by atoms with Crippen LogP contribution in [0.5, 0.6) is 0 Å². The zero-order chi connectivity index (χ0) is 20.9. The van der Waals surface area contributed by atoms with Crippen molar-refractivity contribution in [3.05, 3.63) is 34.9 Å². The third-order valence-electron chi connectivity index (χ3n) is 7.41. The number of ether oxygens (including phenoxy) is 1. The van der Waals surface area contributed by atoms with Crippen molar-refractivity contribution in [2.24, 2.45) is 5.73 Å². The van der Waals surface area contributed by atoms with Gasteiger partial charge in [-0.15, -0.1) is 0 Å². The van der Waals surface area contributed by atoms with E-state index in [4.69, 9.17) is 10.5 Å². The lowest BCUT2D eigenvalue weighted by molar-refractivity contribution is -0.156. The molecule has 1 aliphatic carbocycles. The van der Waals surface area contributed by atoms with Crippen molar-refractivity contribution in [1.29, 1.82) is 0 Å². The number of nitrogens with one attached hydrogen (secondary N) is 2. The zero-order valence-electron chi connectivity index (χ0n) is 17.0. The molecular weight excluding hydrogens is 384 g/mol. The molecule has 4 heterocycles. The molecule has 0 aromatic heterocycles. The Labute approximate surface area is 175 Å². The summed E-state index contributed by atoms with van der Waals surface area (Å²) in [6.07, 6.45) is 4.72. The molecule has 30 heavy (non-hydrogen) atoms. The maximum Gasteiger partial charge on any atom is 0.255 e. The number of fused-ring (bicyclic) bond motifs is 4. The quantitative estimate of drug-likeness (QED) is 0.610. The zero-order valence-corrected chi connectivity index (χ0v) is 17.0. The molecule has 3 amide bonds. The van der Waals surface area contributed by atoms with Gasteiger partial charge >= 0.3 is 0 Å². The maximum absolute atomic E-state index is 13.0. The van der Waals surface area contributed by atoms with Crippen molar-refractivity contribution in [3.8, 4) is 0 Å². The molecule has 1 saturated carbocycles. The second kappa shape index (κ2) is 7.14. The van der Waals surface area contributed by atoms with Crippen LogP contribution >= 0.6 is 0 Å². The second-order valence-electron chi connectivity index (χ2n) is 9.20. The van der Waals surface area contributed by atoms with Gasteiger partial charge in [0.15, 0.2) is 0 Å². The smallest absolute Gasteiger partial charge is 0.255 e. The Morgan fingerprint density at radius 2 is 2.00 bits per heavy atom. The molecule has 4 aliphatic heterocycles. The molecule has 3 saturated heterocycles. The first-order valence-corrected chi connectivity index (χ1v) is 10.8. The summed E-state index contributed by atoms with van der Waals surface area (Å²) in [6, 6.07) is 5.38. The number of hydrogen-bond donors (Lipinski definition) is 3. The van der Waals surface area contributed by atoms with Gasteiger partial charge in [-0.2, -0.15) is 0 Å². The van der Waals surface area contributed by atoms with Gasteiger partial charge in [0.25, 0.3) is 5.91 Å². The fourth-order valence-electron chi connectivity index (χ4n) is 5.26. The van der Waals surface area contributed by atoms with Gasteiger partial charge in [-0.05, 0) is 49.3 Å². The van der Waals surface area contributed by atoms with Crippen molar-refractivity contribution in [1.82, 2.24) is 15.5 Å². The Morgan fingerprint density at radius 3 is 2.67 bits per heavy atom. The first kappa shape index (κ1) is 19.7. The van der Waals surface area contributed by atoms with E-state index in [1.165, 1.54) is 0 Å². The lowest BCUT2D eigenvalue weighted by Crippen LogP contribution is -2.63. The number of piperidine rings is 1. The van der Waals surface area contributed by atoms with Gasteiger partial charge in [-0.25, -0.2) is 0 Å². The minimum atomic E-state index is -0.576. The first-order chi connectivity index (χ1) is 14.4. The van der Waals surface area contributed by atoms with Crippen molar-refractivity contribution in [3.63, 3.8) is 0 Å². The molecule has 0 spiro atoms. The van der Waals surface area contributed by atoms with Crippen molar-refractivity contribution in [2.75, 3.05) is 13.2 Å². The van der Waals surface area contributed by atoms with Gasteiger partial charge in [0.2, 0.25) is 11.8 Å². The summed E-state index contributed by atoms with van der Waals surface area (Å²) in [6.45, 7) is 2.34. The van der Waals surface area contributed by atoms with Crippen LogP contribution in [0.4, 0.5) is 0 Å². The Balaban J connectivity index is 1.25. The third-order valence-corrected chi connectivity index (χ3v) is 7.41. The number of rotatable bonds is 5. The molecule has 1 aromatic rings. The van der Waals surface area contributed by atoms with Crippen LogP contribution in [0.2, 0.25) is 0 Å². The van der Waals surface area contributed by atoms with E-state index in [1.54, 1.807) is 4.90 Å². The van der Waals surface area contributed by atoms with Crippen molar-refractivity contribution < 1.29 is 19.1 Å². The van der Waals surface area contributed by atoms with E-state index in [0.717, 1.165) is 36.8 Å². The number of nitrogens with two attached hydrogens (primary N) is 1. The predicted molar refractivity (Wildman–Crippen MR) is 108 cm³/mol. The number of imide groups is 1. The van der Waals surface area contributed by atoms with Gasteiger partial charge < -0.3 is 20.7 Å². The number of hydrogen-bond acceptors (Lipinski definition) is 6. The largest absolute Gasteiger partial charge is 0.372 e. The van der Waals surface area contributed by atoms with Crippen LogP contribution < -0.4 is 16.4 Å². The maximum atomic E-state index is 13.0. The van der Waals surface area contributed by atoms with Gasteiger partial charge in [-0.3, -0.25) is 19.7 Å². The van der Waals surface area contributed by atoms with E-state index >= 15 is 0 Å². The van der Waals surface area contributed by atoms with Gasteiger partial charge in [0.1, 0.15) is 6.04 Å². The summed E-state index contributed by atoms with van der Waals surface area (Å²) in [4.78, 5) is 38.2. The van der Waals surface area contributed by atoms with Crippen molar-refractivity contribution >= 4 is 17.7 Å². The number of carbonyl (C=O) groups excluding carboxylic acids is 3. The summed E-state index contributed by atoms with van der Waals surface area (Å²) in [5, 5.41) is 6.02. The molecule has 8 heteroatoms. The Bertz CT molecular complexity index is 890.